The Morgan fingerprint density at radius 3 is 2.76 bits per heavy atom. The number of aryl methyl sites for hydroxylation is 1. The van der Waals surface area contributed by atoms with Gasteiger partial charge in [0.15, 0.2) is 5.82 Å². The third kappa shape index (κ3) is 3.81. The summed E-state index contributed by atoms with van der Waals surface area (Å²) in [6.45, 7) is 9.14. The molecule has 0 aromatic carbocycles. The lowest BCUT2D eigenvalue weighted by atomic mass is 9.97. The summed E-state index contributed by atoms with van der Waals surface area (Å²) in [4.78, 5) is 25.6. The second-order valence-electron chi connectivity index (χ2n) is 6.34. The topological polar surface area (TPSA) is 75.4 Å². The predicted molar refractivity (Wildman–Crippen MR) is 94.7 cm³/mol. The third-order valence-corrected chi connectivity index (χ3v) is 4.70. The number of carbonyl (C=O) groups is 1. The molecular formula is C18H25N5O2. The van der Waals surface area contributed by atoms with Crippen LogP contribution in [0.15, 0.2) is 22.9 Å². The summed E-state index contributed by atoms with van der Waals surface area (Å²) in [6, 6.07) is 3.79. The van der Waals surface area contributed by atoms with Gasteiger partial charge in [0.25, 0.3) is 5.91 Å². The molecule has 3 rings (SSSR count). The minimum atomic E-state index is 0.0171. The van der Waals surface area contributed by atoms with E-state index >= 15 is 0 Å². The highest BCUT2D eigenvalue weighted by molar-refractivity contribution is 5.94. The molecule has 0 unspecified atom stereocenters. The minimum Gasteiger partial charge on any atom is -0.357 e. The number of carbonyl (C=O) groups excluding carboxylic acids is 1. The van der Waals surface area contributed by atoms with E-state index in [1.165, 1.54) is 0 Å². The SMILES string of the molecule is CCN(CC)c1ccc(C(=O)N2CCC[C@@H](c3noc(C)n3)C2)cn1. The number of rotatable bonds is 5. The number of pyridine rings is 1. The first kappa shape index (κ1) is 17.4. The molecule has 2 aromatic rings. The first-order valence-electron chi connectivity index (χ1n) is 8.92. The molecule has 2 aromatic heterocycles. The molecule has 1 aliphatic heterocycles. The number of piperidine rings is 1. The summed E-state index contributed by atoms with van der Waals surface area (Å²) in [5.74, 6) is 2.32. The molecule has 0 radical (unpaired) electrons. The van der Waals surface area contributed by atoms with Gasteiger partial charge < -0.3 is 14.3 Å². The van der Waals surface area contributed by atoms with Crippen LogP contribution in [0.1, 0.15) is 54.7 Å². The molecule has 1 atom stereocenters. The highest BCUT2D eigenvalue weighted by atomic mass is 16.5. The summed E-state index contributed by atoms with van der Waals surface area (Å²) in [5, 5.41) is 4.01. The maximum atomic E-state index is 12.8. The fourth-order valence-electron chi connectivity index (χ4n) is 3.28. The van der Waals surface area contributed by atoms with Crippen LogP contribution in [0.3, 0.4) is 0 Å². The van der Waals surface area contributed by atoms with E-state index in [1.54, 1.807) is 13.1 Å². The second kappa shape index (κ2) is 7.63. The van der Waals surface area contributed by atoms with Crippen LogP contribution in [0.4, 0.5) is 5.82 Å². The molecule has 7 nitrogen and oxygen atoms in total. The normalized spacial score (nSPS) is 17.6. The second-order valence-corrected chi connectivity index (χ2v) is 6.34. The van der Waals surface area contributed by atoms with Crippen molar-refractivity contribution >= 4 is 11.7 Å². The lowest BCUT2D eigenvalue weighted by Crippen LogP contribution is -2.39. The maximum absolute atomic E-state index is 12.8. The van der Waals surface area contributed by atoms with Crippen molar-refractivity contribution in [1.29, 1.82) is 0 Å². The van der Waals surface area contributed by atoms with Crippen molar-refractivity contribution in [2.24, 2.45) is 0 Å². The van der Waals surface area contributed by atoms with Crippen molar-refractivity contribution in [3.05, 3.63) is 35.6 Å². The van der Waals surface area contributed by atoms with E-state index in [1.807, 2.05) is 17.0 Å². The van der Waals surface area contributed by atoms with Crippen molar-refractivity contribution in [2.45, 2.75) is 39.5 Å². The zero-order chi connectivity index (χ0) is 17.8. The average molecular weight is 343 g/mol. The fourth-order valence-corrected chi connectivity index (χ4v) is 3.28. The van der Waals surface area contributed by atoms with Crippen molar-refractivity contribution in [1.82, 2.24) is 20.0 Å². The van der Waals surface area contributed by atoms with Gasteiger partial charge in [0, 0.05) is 45.2 Å². The van der Waals surface area contributed by atoms with Crippen LogP contribution in [0.5, 0.6) is 0 Å². The minimum absolute atomic E-state index is 0.0171. The molecule has 1 aliphatic rings. The van der Waals surface area contributed by atoms with Gasteiger partial charge in [0.2, 0.25) is 5.89 Å². The number of anilines is 1. The summed E-state index contributed by atoms with van der Waals surface area (Å²) in [5.41, 5.74) is 0.626. The van der Waals surface area contributed by atoms with Gasteiger partial charge in [0.1, 0.15) is 5.82 Å². The molecule has 1 amide bonds. The number of nitrogens with zero attached hydrogens (tertiary/aromatic N) is 5. The molecule has 3 heterocycles. The summed E-state index contributed by atoms with van der Waals surface area (Å²) >= 11 is 0. The van der Waals surface area contributed by atoms with E-state index < -0.39 is 0 Å². The van der Waals surface area contributed by atoms with Crippen molar-refractivity contribution in [3.8, 4) is 0 Å². The smallest absolute Gasteiger partial charge is 0.255 e. The summed E-state index contributed by atoms with van der Waals surface area (Å²) in [6.07, 6.45) is 3.59. The molecule has 1 saturated heterocycles. The number of hydrogen-bond acceptors (Lipinski definition) is 6. The molecule has 0 saturated carbocycles. The molecule has 0 aliphatic carbocycles. The van der Waals surface area contributed by atoms with E-state index in [-0.39, 0.29) is 11.8 Å². The van der Waals surface area contributed by atoms with Gasteiger partial charge in [0.05, 0.1) is 5.56 Å². The van der Waals surface area contributed by atoms with E-state index in [2.05, 4.69) is 33.9 Å². The molecule has 134 valence electrons. The van der Waals surface area contributed by atoms with E-state index in [4.69, 9.17) is 4.52 Å². The lowest BCUT2D eigenvalue weighted by molar-refractivity contribution is 0.0703. The van der Waals surface area contributed by atoms with E-state index in [0.29, 0.717) is 23.8 Å². The standard InChI is InChI=1S/C18H25N5O2/c1-4-22(5-2)16-9-8-14(11-19-16)18(24)23-10-6-7-15(12-23)17-20-13(3)25-21-17/h8-9,11,15H,4-7,10,12H2,1-3H3/t15-/m1/s1. The Balaban J connectivity index is 1.69. The van der Waals surface area contributed by atoms with E-state index in [9.17, 15) is 4.79 Å². The Morgan fingerprint density at radius 1 is 1.36 bits per heavy atom. The van der Waals surface area contributed by atoms with Crippen LogP contribution in [0, 0.1) is 6.92 Å². The lowest BCUT2D eigenvalue weighted by Gasteiger charge is -2.31. The van der Waals surface area contributed by atoms with Crippen molar-refractivity contribution < 1.29 is 9.32 Å². The predicted octanol–water partition coefficient (Wildman–Crippen LogP) is 2.64. The largest absolute Gasteiger partial charge is 0.357 e. The Labute approximate surface area is 148 Å². The number of amides is 1. The van der Waals surface area contributed by atoms with Gasteiger partial charge in [-0.3, -0.25) is 4.79 Å². The summed E-state index contributed by atoms with van der Waals surface area (Å²) in [7, 11) is 0. The number of hydrogen-bond donors (Lipinski definition) is 0. The van der Waals surface area contributed by atoms with Crippen molar-refractivity contribution in [2.75, 3.05) is 31.1 Å². The highest BCUT2D eigenvalue weighted by Crippen LogP contribution is 2.26. The molecular weight excluding hydrogens is 318 g/mol. The number of likely N-dealkylation sites (tertiary alicyclic amines) is 1. The zero-order valence-electron chi connectivity index (χ0n) is 15.1. The van der Waals surface area contributed by atoms with Crippen LogP contribution in [0.25, 0.3) is 0 Å². The molecule has 25 heavy (non-hydrogen) atoms. The monoisotopic (exact) mass is 343 g/mol. The van der Waals surface area contributed by atoms with Gasteiger partial charge in [-0.2, -0.15) is 4.98 Å². The van der Waals surface area contributed by atoms with Crippen LogP contribution in [-0.4, -0.2) is 52.1 Å². The first-order valence-corrected chi connectivity index (χ1v) is 8.92. The van der Waals surface area contributed by atoms with Crippen LogP contribution < -0.4 is 4.90 Å². The molecule has 0 N–H and O–H groups in total. The quantitative estimate of drug-likeness (QED) is 0.831. The van der Waals surface area contributed by atoms with E-state index in [0.717, 1.165) is 38.3 Å². The van der Waals surface area contributed by atoms with Gasteiger partial charge in [-0.25, -0.2) is 4.98 Å². The zero-order valence-corrected chi connectivity index (χ0v) is 15.1. The first-order chi connectivity index (χ1) is 12.1. The van der Waals surface area contributed by atoms with Gasteiger partial charge in [-0.1, -0.05) is 5.16 Å². The molecule has 7 heteroatoms. The van der Waals surface area contributed by atoms with Crippen LogP contribution in [0.2, 0.25) is 0 Å². The molecule has 0 spiro atoms. The average Bonchev–Trinajstić information content (AvgIpc) is 3.09. The van der Waals surface area contributed by atoms with Crippen LogP contribution in [-0.2, 0) is 0 Å². The molecule has 0 bridgehead atoms. The molecule has 1 fully saturated rings. The maximum Gasteiger partial charge on any atom is 0.255 e. The summed E-state index contributed by atoms with van der Waals surface area (Å²) < 4.78 is 5.08. The Morgan fingerprint density at radius 2 is 2.16 bits per heavy atom. The third-order valence-electron chi connectivity index (χ3n) is 4.70. The van der Waals surface area contributed by atoms with Gasteiger partial charge >= 0.3 is 0 Å². The Hall–Kier alpha value is -2.44. The van der Waals surface area contributed by atoms with Gasteiger partial charge in [-0.15, -0.1) is 0 Å². The van der Waals surface area contributed by atoms with Crippen LogP contribution >= 0.6 is 0 Å². The van der Waals surface area contributed by atoms with Gasteiger partial charge in [-0.05, 0) is 38.8 Å². The van der Waals surface area contributed by atoms with Crippen molar-refractivity contribution in [3.63, 3.8) is 0 Å². The Kier molecular flexibility index (Phi) is 5.31. The Bertz CT molecular complexity index is 709. The fraction of sp³-hybridized carbons (Fsp3) is 0.556. The highest BCUT2D eigenvalue weighted by Gasteiger charge is 2.28. The number of aromatic nitrogens is 3.